The largest absolute Gasteiger partial charge is 0.490 e. The lowest BCUT2D eigenvalue weighted by atomic mass is 9.68. The van der Waals surface area contributed by atoms with E-state index >= 15 is 0 Å². The number of amides is 1. The Morgan fingerprint density at radius 1 is 1.23 bits per heavy atom. The van der Waals surface area contributed by atoms with Crippen LogP contribution in [-0.4, -0.2) is 58.4 Å². The second kappa shape index (κ2) is 16.3. The van der Waals surface area contributed by atoms with Crippen LogP contribution in [0.4, 0.5) is 5.69 Å². The van der Waals surface area contributed by atoms with E-state index in [1.807, 2.05) is 56.3 Å². The topological polar surface area (TPSA) is 101 Å². The molecule has 1 saturated carbocycles. The average molecular weight is 694 g/mol. The zero-order valence-corrected chi connectivity index (χ0v) is 29.9. The third kappa shape index (κ3) is 8.41. The van der Waals surface area contributed by atoms with Crippen LogP contribution < -0.4 is 19.1 Å². The Bertz CT molecular complexity index is 1600. The predicted molar refractivity (Wildman–Crippen MR) is 193 cm³/mol. The minimum atomic E-state index is -1.46. The Kier molecular flexibility index (Phi) is 12.2. The van der Waals surface area contributed by atoms with Gasteiger partial charge in [0.15, 0.2) is 0 Å². The van der Waals surface area contributed by atoms with Gasteiger partial charge in [0.25, 0.3) is 5.91 Å². The van der Waals surface area contributed by atoms with Gasteiger partial charge in [0.05, 0.1) is 25.5 Å². The van der Waals surface area contributed by atoms with Crippen molar-refractivity contribution in [2.75, 3.05) is 31.7 Å². The van der Waals surface area contributed by atoms with Crippen LogP contribution in [0.3, 0.4) is 0 Å². The molecule has 48 heavy (non-hydrogen) atoms. The summed E-state index contributed by atoms with van der Waals surface area (Å²) in [4.78, 5) is 19.3. The molecule has 3 aromatic rings. The van der Waals surface area contributed by atoms with Crippen molar-refractivity contribution in [2.45, 2.75) is 76.1 Å². The highest BCUT2D eigenvalue weighted by Crippen LogP contribution is 2.46. The van der Waals surface area contributed by atoms with Gasteiger partial charge in [0.1, 0.15) is 16.7 Å². The number of fused-ring (bicyclic) bond motifs is 3. The summed E-state index contributed by atoms with van der Waals surface area (Å²) in [6.07, 6.45) is 11.3. The number of aromatic nitrogens is 1. The average Bonchev–Trinajstić information content (AvgIpc) is 3.22. The van der Waals surface area contributed by atoms with Crippen molar-refractivity contribution < 1.29 is 23.6 Å². The highest BCUT2D eigenvalue weighted by molar-refractivity contribution is 7.84. The summed E-state index contributed by atoms with van der Waals surface area (Å²) in [5.74, 6) is 1.60. The van der Waals surface area contributed by atoms with Crippen molar-refractivity contribution in [3.05, 3.63) is 94.7 Å². The van der Waals surface area contributed by atoms with Gasteiger partial charge in [0.2, 0.25) is 5.88 Å². The van der Waals surface area contributed by atoms with Crippen molar-refractivity contribution >= 4 is 34.2 Å². The Balaban J connectivity index is 0.000000494. The molecule has 6 rings (SSSR count). The lowest BCUT2D eigenvalue weighted by Gasteiger charge is -2.45. The molecule has 1 aliphatic heterocycles. The number of hydrogen-bond acceptors (Lipinski definition) is 7. The number of carbonyl (C=O) groups excluding carboxylic acids is 1. The summed E-state index contributed by atoms with van der Waals surface area (Å²) >= 11 is 6.39. The van der Waals surface area contributed by atoms with Gasteiger partial charge in [-0.05, 0) is 112 Å². The van der Waals surface area contributed by atoms with Crippen LogP contribution in [0.15, 0.2) is 72.9 Å². The summed E-state index contributed by atoms with van der Waals surface area (Å²) in [6, 6.07) is 17.3. The van der Waals surface area contributed by atoms with E-state index in [1.165, 1.54) is 11.1 Å². The van der Waals surface area contributed by atoms with E-state index in [2.05, 4.69) is 33.7 Å². The molecule has 2 aliphatic carbocycles. The van der Waals surface area contributed by atoms with Crippen LogP contribution in [0.5, 0.6) is 11.6 Å². The Morgan fingerprint density at radius 3 is 2.73 bits per heavy atom. The molecule has 2 N–H and O–H groups in total. The SMILES string of the molecule is CC/C=C/C(O)C1CCC1CN1C[C@@]2(CCCc3cc(Cl)ccc32)COc2ccc(C(=O)NS(=O)C(C)C)cc21.COc1ccccn1. The Morgan fingerprint density at radius 2 is 2.06 bits per heavy atom. The molecule has 4 unspecified atom stereocenters. The number of benzene rings is 2. The van der Waals surface area contributed by atoms with Crippen molar-refractivity contribution in [1.82, 2.24) is 9.71 Å². The molecule has 5 atom stereocenters. The number of rotatable bonds is 9. The number of pyridine rings is 1. The van der Waals surface area contributed by atoms with Crippen LogP contribution in [0.2, 0.25) is 5.02 Å². The number of hydrogen-bond donors (Lipinski definition) is 2. The van der Waals surface area contributed by atoms with Crippen LogP contribution in [0, 0.1) is 11.8 Å². The van der Waals surface area contributed by atoms with Crippen molar-refractivity contribution in [1.29, 1.82) is 0 Å². The number of methoxy groups -OCH3 is 1. The minimum Gasteiger partial charge on any atom is -0.490 e. The fourth-order valence-electron chi connectivity index (χ4n) is 6.96. The quantitative estimate of drug-likeness (QED) is 0.232. The molecule has 10 heteroatoms. The maximum absolute atomic E-state index is 13.0. The highest BCUT2D eigenvalue weighted by atomic mass is 35.5. The number of halogens is 1. The zero-order valence-electron chi connectivity index (χ0n) is 28.4. The normalized spacial score (nSPS) is 22.7. The third-order valence-electron chi connectivity index (χ3n) is 9.71. The van der Waals surface area contributed by atoms with Gasteiger partial charge in [-0.2, -0.15) is 0 Å². The first-order valence-electron chi connectivity index (χ1n) is 17.0. The van der Waals surface area contributed by atoms with Gasteiger partial charge >= 0.3 is 0 Å². The monoisotopic (exact) mass is 693 g/mol. The molecule has 1 aromatic heterocycles. The molecule has 1 spiro atoms. The predicted octanol–water partition coefficient (Wildman–Crippen LogP) is 7.06. The summed E-state index contributed by atoms with van der Waals surface area (Å²) < 4.78 is 26.3. The van der Waals surface area contributed by atoms with E-state index in [0.29, 0.717) is 24.0 Å². The van der Waals surface area contributed by atoms with E-state index in [0.717, 1.165) is 68.1 Å². The van der Waals surface area contributed by atoms with Gasteiger partial charge in [-0.15, -0.1) is 0 Å². The van der Waals surface area contributed by atoms with E-state index in [-0.39, 0.29) is 22.5 Å². The molecule has 2 aromatic carbocycles. The molecule has 0 saturated heterocycles. The van der Waals surface area contributed by atoms with Crippen LogP contribution in [-0.2, 0) is 22.8 Å². The van der Waals surface area contributed by atoms with Gasteiger partial charge in [-0.1, -0.05) is 42.8 Å². The third-order valence-corrected chi connectivity index (χ3v) is 11.2. The molecular weight excluding hydrogens is 646 g/mol. The lowest BCUT2D eigenvalue weighted by Crippen LogP contribution is -2.49. The van der Waals surface area contributed by atoms with E-state index in [1.54, 1.807) is 25.4 Å². The Hall–Kier alpha value is -3.40. The molecule has 1 fully saturated rings. The fourth-order valence-corrected chi connectivity index (χ4v) is 7.69. The molecule has 2 heterocycles. The first-order valence-corrected chi connectivity index (χ1v) is 18.5. The molecule has 3 aliphatic rings. The Labute approximate surface area is 292 Å². The maximum Gasteiger partial charge on any atom is 0.263 e. The summed E-state index contributed by atoms with van der Waals surface area (Å²) in [5.41, 5.74) is 3.71. The second-order valence-electron chi connectivity index (χ2n) is 13.3. The number of nitrogens with one attached hydrogen (secondary N) is 1. The summed E-state index contributed by atoms with van der Waals surface area (Å²) in [7, 11) is 0.144. The molecule has 258 valence electrons. The van der Waals surface area contributed by atoms with Gasteiger partial charge in [-0.25, -0.2) is 9.19 Å². The number of anilines is 1. The molecular formula is C38H48ClN3O5S. The highest BCUT2D eigenvalue weighted by Gasteiger charge is 2.44. The zero-order chi connectivity index (χ0) is 34.3. The van der Waals surface area contributed by atoms with Crippen molar-refractivity contribution in [2.24, 2.45) is 11.8 Å². The van der Waals surface area contributed by atoms with Crippen LogP contribution in [0.25, 0.3) is 0 Å². The number of nitrogens with zero attached hydrogens (tertiary/aromatic N) is 2. The number of aliphatic hydroxyl groups is 1. The lowest BCUT2D eigenvalue weighted by molar-refractivity contribution is 0.0456. The minimum absolute atomic E-state index is 0.173. The summed E-state index contributed by atoms with van der Waals surface area (Å²) in [5, 5.41) is 11.5. The maximum atomic E-state index is 13.0. The fraction of sp³-hybridized carbons (Fsp3) is 0.474. The molecule has 0 bridgehead atoms. The van der Waals surface area contributed by atoms with E-state index in [9.17, 15) is 14.1 Å². The molecule has 1 amide bonds. The number of allylic oxidation sites excluding steroid dienone is 1. The standard InChI is InChI=1S/C32H41ClN2O4S.C6H7NO/c1-4-5-8-29(36)26-12-9-24(26)18-35-19-32(15-6-7-22-16-25(33)11-13-27(22)32)20-39-30-14-10-23(17-28(30)35)31(37)34-40(38)21(2)3;1-8-6-4-2-3-5-7-6/h5,8,10-11,13-14,16-17,21,24,26,29,36H,4,6-7,9,12,15,18-20H2,1-3H3,(H,34,37);2-5H,1H3/b8-5+;/t24?,26?,29?,32-,40?;/m0./s1. The van der Waals surface area contributed by atoms with E-state index < -0.39 is 17.1 Å². The van der Waals surface area contributed by atoms with Crippen LogP contribution in [0.1, 0.15) is 74.4 Å². The number of carbonyl (C=O) groups is 1. The second-order valence-corrected chi connectivity index (χ2v) is 15.4. The number of ether oxygens (including phenoxy) is 2. The molecule has 8 nitrogen and oxygen atoms in total. The summed E-state index contributed by atoms with van der Waals surface area (Å²) in [6.45, 7) is 7.78. The number of aryl methyl sites for hydroxylation is 1. The van der Waals surface area contributed by atoms with Gasteiger partial charge in [-0.3, -0.25) is 9.52 Å². The molecule has 0 radical (unpaired) electrons. The van der Waals surface area contributed by atoms with Crippen LogP contribution >= 0.6 is 11.6 Å². The van der Waals surface area contributed by atoms with Gasteiger partial charge < -0.3 is 19.5 Å². The first kappa shape index (κ1) is 35.9. The van der Waals surface area contributed by atoms with Crippen molar-refractivity contribution in [3.63, 3.8) is 0 Å². The van der Waals surface area contributed by atoms with Gasteiger partial charge in [0, 0.05) is 46.6 Å². The number of aliphatic hydroxyl groups excluding tert-OH is 1. The van der Waals surface area contributed by atoms with E-state index in [4.69, 9.17) is 21.1 Å². The smallest absolute Gasteiger partial charge is 0.263 e. The van der Waals surface area contributed by atoms with Crippen molar-refractivity contribution in [3.8, 4) is 11.6 Å². The first-order chi connectivity index (χ1) is 23.1.